The van der Waals surface area contributed by atoms with E-state index in [0.29, 0.717) is 0 Å². The Labute approximate surface area is 95.8 Å². The van der Waals surface area contributed by atoms with Crippen molar-refractivity contribution in [1.82, 2.24) is 0 Å². The van der Waals surface area contributed by atoms with Crippen molar-refractivity contribution in [3.05, 3.63) is 35.5 Å². The van der Waals surface area contributed by atoms with E-state index in [4.69, 9.17) is 0 Å². The highest BCUT2D eigenvalue weighted by Crippen LogP contribution is 2.11. The molecule has 0 spiro atoms. The van der Waals surface area contributed by atoms with Gasteiger partial charge in [0, 0.05) is 0 Å². The fourth-order valence-electron chi connectivity index (χ4n) is 1.39. The van der Waals surface area contributed by atoms with Gasteiger partial charge in [-0.15, -0.1) is 0 Å². The molecule has 0 heteroatoms. The average molecular weight is 206 g/mol. The van der Waals surface area contributed by atoms with Crippen LogP contribution in [0.1, 0.15) is 59.8 Å². The topological polar surface area (TPSA) is 0 Å². The van der Waals surface area contributed by atoms with Gasteiger partial charge in [-0.1, -0.05) is 42.4 Å². The lowest BCUT2D eigenvalue weighted by Gasteiger charge is -2.01. The highest BCUT2D eigenvalue weighted by molar-refractivity contribution is 5.04. The van der Waals surface area contributed by atoms with Crippen LogP contribution in [-0.4, -0.2) is 0 Å². The molecule has 86 valence electrons. The van der Waals surface area contributed by atoms with Gasteiger partial charge in [-0.2, -0.15) is 0 Å². The molecule has 0 fully saturated rings. The maximum absolute atomic E-state index is 4.02. The third kappa shape index (κ3) is 9.52. The standard InChI is InChI=1S/C15H26/c1-6-14(4)10-8-12-15(5)11-7-9-13(2)3/h9,12H,4,6-8,10-11H2,1-3,5H3/b15-12-. The van der Waals surface area contributed by atoms with Crippen molar-refractivity contribution in [2.45, 2.75) is 59.8 Å². The highest BCUT2D eigenvalue weighted by atomic mass is 14.0. The van der Waals surface area contributed by atoms with Crippen LogP contribution in [0.5, 0.6) is 0 Å². The molecule has 0 N–H and O–H groups in total. The average Bonchev–Trinajstić information content (AvgIpc) is 2.17. The van der Waals surface area contributed by atoms with E-state index in [1.54, 1.807) is 0 Å². The molecule has 0 aromatic carbocycles. The third-order valence-corrected chi connectivity index (χ3v) is 2.58. The van der Waals surface area contributed by atoms with Crippen LogP contribution in [0.3, 0.4) is 0 Å². The van der Waals surface area contributed by atoms with Crippen LogP contribution in [0.15, 0.2) is 35.5 Å². The predicted molar refractivity (Wildman–Crippen MR) is 71.1 cm³/mol. The molecule has 0 nitrogen and oxygen atoms in total. The molecule has 0 saturated carbocycles. The molecule has 0 saturated heterocycles. The molecule has 15 heavy (non-hydrogen) atoms. The maximum atomic E-state index is 4.02. The number of hydrogen-bond donors (Lipinski definition) is 0. The molecule has 0 atom stereocenters. The first-order valence-corrected chi connectivity index (χ1v) is 6.02. The summed E-state index contributed by atoms with van der Waals surface area (Å²) in [5.41, 5.74) is 4.29. The van der Waals surface area contributed by atoms with Gasteiger partial charge in [0.1, 0.15) is 0 Å². The van der Waals surface area contributed by atoms with Crippen LogP contribution in [0, 0.1) is 0 Å². The minimum atomic E-state index is 1.12. The van der Waals surface area contributed by atoms with E-state index >= 15 is 0 Å². The minimum Gasteiger partial charge on any atom is -0.0999 e. The third-order valence-electron chi connectivity index (χ3n) is 2.58. The number of allylic oxidation sites excluding steroid dienone is 5. The van der Waals surface area contributed by atoms with Crippen molar-refractivity contribution < 1.29 is 0 Å². The molecule has 0 unspecified atom stereocenters. The molecule has 0 radical (unpaired) electrons. The largest absolute Gasteiger partial charge is 0.0999 e. The maximum Gasteiger partial charge on any atom is -0.0288 e. The van der Waals surface area contributed by atoms with Gasteiger partial charge in [0.2, 0.25) is 0 Å². The summed E-state index contributed by atoms with van der Waals surface area (Å²) in [5.74, 6) is 0. The van der Waals surface area contributed by atoms with E-state index < -0.39 is 0 Å². The van der Waals surface area contributed by atoms with Gasteiger partial charge in [-0.25, -0.2) is 0 Å². The molecule has 0 heterocycles. The Hall–Kier alpha value is -0.780. The molecule has 0 aliphatic carbocycles. The fraction of sp³-hybridized carbons (Fsp3) is 0.600. The lowest BCUT2D eigenvalue weighted by atomic mass is 10.1. The molecular formula is C15H26. The number of rotatable bonds is 7. The van der Waals surface area contributed by atoms with Crippen LogP contribution < -0.4 is 0 Å². The molecule has 0 aromatic heterocycles. The summed E-state index contributed by atoms with van der Waals surface area (Å²) in [6.45, 7) is 12.7. The van der Waals surface area contributed by atoms with Gasteiger partial charge in [0.05, 0.1) is 0 Å². The van der Waals surface area contributed by atoms with Crippen molar-refractivity contribution >= 4 is 0 Å². The van der Waals surface area contributed by atoms with E-state index in [1.807, 2.05) is 0 Å². The summed E-state index contributed by atoms with van der Waals surface area (Å²) < 4.78 is 0. The first kappa shape index (κ1) is 14.2. The molecule has 0 aliphatic rings. The molecule has 0 aromatic rings. The van der Waals surface area contributed by atoms with Crippen LogP contribution >= 0.6 is 0 Å². The van der Waals surface area contributed by atoms with Gasteiger partial charge >= 0.3 is 0 Å². The predicted octanol–water partition coefficient (Wildman–Crippen LogP) is 5.43. The Morgan fingerprint density at radius 2 is 1.60 bits per heavy atom. The van der Waals surface area contributed by atoms with E-state index in [9.17, 15) is 0 Å². The van der Waals surface area contributed by atoms with E-state index in [2.05, 4.69) is 46.4 Å². The summed E-state index contributed by atoms with van der Waals surface area (Å²) in [4.78, 5) is 0. The monoisotopic (exact) mass is 206 g/mol. The van der Waals surface area contributed by atoms with Gasteiger partial charge in [0.25, 0.3) is 0 Å². The molecule has 0 aliphatic heterocycles. The van der Waals surface area contributed by atoms with Crippen LogP contribution in [0.4, 0.5) is 0 Å². The Morgan fingerprint density at radius 3 is 2.13 bits per heavy atom. The summed E-state index contributed by atoms with van der Waals surface area (Å²) >= 11 is 0. The second-order valence-corrected chi connectivity index (χ2v) is 4.51. The van der Waals surface area contributed by atoms with Crippen molar-refractivity contribution in [2.75, 3.05) is 0 Å². The molecule has 0 bridgehead atoms. The summed E-state index contributed by atoms with van der Waals surface area (Å²) in [6, 6.07) is 0. The minimum absolute atomic E-state index is 1.12. The lowest BCUT2D eigenvalue weighted by molar-refractivity contribution is 0.889. The Morgan fingerprint density at radius 1 is 1.00 bits per heavy atom. The van der Waals surface area contributed by atoms with Crippen LogP contribution in [-0.2, 0) is 0 Å². The van der Waals surface area contributed by atoms with Crippen LogP contribution in [0.25, 0.3) is 0 Å². The molecule has 0 rings (SSSR count). The SMILES string of the molecule is C=C(CC)CC/C=C(/C)CCC=C(C)C. The zero-order valence-electron chi connectivity index (χ0n) is 10.9. The summed E-state index contributed by atoms with van der Waals surface area (Å²) in [6.07, 6.45) is 10.5. The van der Waals surface area contributed by atoms with Gasteiger partial charge in [0.15, 0.2) is 0 Å². The summed E-state index contributed by atoms with van der Waals surface area (Å²) in [7, 11) is 0. The van der Waals surface area contributed by atoms with Gasteiger partial charge in [-0.05, 0) is 52.9 Å². The first-order valence-electron chi connectivity index (χ1n) is 6.02. The molecule has 0 amide bonds. The van der Waals surface area contributed by atoms with Crippen molar-refractivity contribution in [3.63, 3.8) is 0 Å². The van der Waals surface area contributed by atoms with Crippen LogP contribution in [0.2, 0.25) is 0 Å². The Bertz CT molecular complexity index is 237. The van der Waals surface area contributed by atoms with Crippen molar-refractivity contribution in [2.24, 2.45) is 0 Å². The van der Waals surface area contributed by atoms with E-state index in [1.165, 1.54) is 29.6 Å². The quantitative estimate of drug-likeness (QED) is 0.487. The highest BCUT2D eigenvalue weighted by Gasteiger charge is 1.91. The Balaban J connectivity index is 3.70. The fourth-order valence-corrected chi connectivity index (χ4v) is 1.39. The zero-order chi connectivity index (χ0) is 11.7. The number of hydrogen-bond acceptors (Lipinski definition) is 0. The second-order valence-electron chi connectivity index (χ2n) is 4.51. The smallest absolute Gasteiger partial charge is 0.0288 e. The van der Waals surface area contributed by atoms with Gasteiger partial charge in [-0.3, -0.25) is 0 Å². The zero-order valence-corrected chi connectivity index (χ0v) is 10.9. The normalized spacial score (nSPS) is 11.3. The van der Waals surface area contributed by atoms with Gasteiger partial charge < -0.3 is 0 Å². The second kappa shape index (κ2) is 8.52. The summed E-state index contributed by atoms with van der Waals surface area (Å²) in [5, 5.41) is 0. The van der Waals surface area contributed by atoms with E-state index in [-0.39, 0.29) is 0 Å². The van der Waals surface area contributed by atoms with Crippen molar-refractivity contribution in [3.8, 4) is 0 Å². The lowest BCUT2D eigenvalue weighted by Crippen LogP contribution is -1.81. The molecular weight excluding hydrogens is 180 g/mol. The van der Waals surface area contributed by atoms with Crippen molar-refractivity contribution in [1.29, 1.82) is 0 Å². The first-order chi connectivity index (χ1) is 7.06. The Kier molecular flexibility index (Phi) is 8.08. The van der Waals surface area contributed by atoms with E-state index in [0.717, 1.165) is 19.3 Å².